The van der Waals surface area contributed by atoms with Crippen LogP contribution in [0.4, 0.5) is 5.69 Å². The molecule has 0 unspecified atom stereocenters. The van der Waals surface area contributed by atoms with Crippen molar-refractivity contribution in [2.45, 2.75) is 0 Å². The van der Waals surface area contributed by atoms with Gasteiger partial charge in [-0.25, -0.2) is 14.3 Å². The monoisotopic (exact) mass is 356 g/mol. The van der Waals surface area contributed by atoms with E-state index < -0.39 is 0 Å². The molecule has 4 aromatic rings. The number of benzene rings is 2. The van der Waals surface area contributed by atoms with E-state index in [2.05, 4.69) is 20.5 Å². The molecule has 2 heterocycles. The molecule has 0 atom stereocenters. The normalized spacial score (nSPS) is 11.0. The van der Waals surface area contributed by atoms with E-state index in [-0.39, 0.29) is 5.91 Å². The summed E-state index contributed by atoms with van der Waals surface area (Å²) in [5.74, 6) is -0.241. The Bertz CT molecular complexity index is 1070. The predicted molar refractivity (Wildman–Crippen MR) is 103 cm³/mol. The number of aromatic nitrogens is 5. The molecule has 0 radical (unpaired) electrons. The second-order valence-corrected chi connectivity index (χ2v) is 5.73. The van der Waals surface area contributed by atoms with E-state index >= 15 is 0 Å². The van der Waals surface area contributed by atoms with Crippen LogP contribution in [-0.4, -0.2) is 30.5 Å². The summed E-state index contributed by atoms with van der Waals surface area (Å²) >= 11 is 0. The maximum Gasteiger partial charge on any atom is 0.248 e. The predicted octanol–water partition coefficient (Wildman–Crippen LogP) is 3.10. The first kappa shape index (κ1) is 16.5. The molecule has 2 aromatic carbocycles. The van der Waals surface area contributed by atoms with E-state index in [4.69, 9.17) is 0 Å². The molecular formula is C20H16N6O. The first-order valence-electron chi connectivity index (χ1n) is 8.33. The smallest absolute Gasteiger partial charge is 0.248 e. The Kier molecular flexibility index (Phi) is 4.57. The number of anilines is 1. The molecule has 27 heavy (non-hydrogen) atoms. The Balaban J connectivity index is 1.47. The van der Waals surface area contributed by atoms with Gasteiger partial charge in [0.15, 0.2) is 0 Å². The molecule has 0 aliphatic heterocycles. The zero-order valence-corrected chi connectivity index (χ0v) is 14.3. The maximum absolute atomic E-state index is 12.3. The van der Waals surface area contributed by atoms with Crippen LogP contribution in [0.3, 0.4) is 0 Å². The molecule has 0 aliphatic rings. The Morgan fingerprint density at radius 2 is 1.78 bits per heavy atom. The molecule has 1 amide bonds. The van der Waals surface area contributed by atoms with E-state index in [9.17, 15) is 4.79 Å². The van der Waals surface area contributed by atoms with Gasteiger partial charge in [-0.1, -0.05) is 30.3 Å². The number of rotatable bonds is 5. The molecule has 132 valence electrons. The Hall–Kier alpha value is -4.00. The lowest BCUT2D eigenvalue weighted by molar-refractivity contribution is -0.111. The number of para-hydroxylation sites is 3. The van der Waals surface area contributed by atoms with E-state index in [0.717, 1.165) is 16.9 Å². The van der Waals surface area contributed by atoms with Gasteiger partial charge in [-0.05, 0) is 30.3 Å². The lowest BCUT2D eigenvalue weighted by Gasteiger charge is -2.08. The molecule has 0 bridgehead atoms. The standard InChI is InChI=1S/C20H16N6O/c27-20(24-18-8-4-5-9-19(18)26-15-21-14-23-26)11-10-16-12-22-25(13-16)17-6-2-1-3-7-17/h1-15H,(H,24,27)/b11-10+. The van der Waals surface area contributed by atoms with Gasteiger partial charge >= 0.3 is 0 Å². The first-order chi connectivity index (χ1) is 13.3. The van der Waals surface area contributed by atoms with Crippen molar-refractivity contribution in [2.75, 3.05) is 5.32 Å². The van der Waals surface area contributed by atoms with E-state index in [1.54, 1.807) is 28.0 Å². The zero-order chi connectivity index (χ0) is 18.5. The second-order valence-electron chi connectivity index (χ2n) is 5.73. The fourth-order valence-electron chi connectivity index (χ4n) is 2.60. The highest BCUT2D eigenvalue weighted by molar-refractivity contribution is 6.03. The molecule has 0 saturated carbocycles. The van der Waals surface area contributed by atoms with Crippen molar-refractivity contribution in [2.24, 2.45) is 0 Å². The van der Waals surface area contributed by atoms with E-state index in [1.807, 2.05) is 60.8 Å². The average Bonchev–Trinajstić information content (AvgIpc) is 3.40. The summed E-state index contributed by atoms with van der Waals surface area (Å²) in [4.78, 5) is 16.3. The fourth-order valence-corrected chi connectivity index (χ4v) is 2.60. The summed E-state index contributed by atoms with van der Waals surface area (Å²) in [5.41, 5.74) is 3.19. The number of nitrogens with zero attached hydrogens (tertiary/aromatic N) is 5. The molecule has 4 rings (SSSR count). The highest BCUT2D eigenvalue weighted by Crippen LogP contribution is 2.18. The summed E-state index contributed by atoms with van der Waals surface area (Å²) in [7, 11) is 0. The van der Waals surface area contributed by atoms with Gasteiger partial charge < -0.3 is 5.32 Å². The summed E-state index contributed by atoms with van der Waals surface area (Å²) in [5, 5.41) is 11.3. The molecule has 0 fully saturated rings. The summed E-state index contributed by atoms with van der Waals surface area (Å²) < 4.78 is 3.36. The van der Waals surface area contributed by atoms with Crippen LogP contribution in [0.15, 0.2) is 85.7 Å². The number of hydrogen-bond donors (Lipinski definition) is 1. The molecule has 1 N–H and O–H groups in total. The minimum absolute atomic E-state index is 0.241. The highest BCUT2D eigenvalue weighted by atomic mass is 16.1. The third-order valence-corrected chi connectivity index (χ3v) is 3.88. The molecular weight excluding hydrogens is 340 g/mol. The highest BCUT2D eigenvalue weighted by Gasteiger charge is 2.07. The maximum atomic E-state index is 12.3. The summed E-state index contributed by atoms with van der Waals surface area (Å²) in [6.07, 6.45) is 9.80. The Labute approximate surface area is 155 Å². The zero-order valence-electron chi connectivity index (χ0n) is 14.3. The molecule has 7 nitrogen and oxygen atoms in total. The van der Waals surface area contributed by atoms with Crippen molar-refractivity contribution in [3.63, 3.8) is 0 Å². The van der Waals surface area contributed by atoms with Gasteiger partial charge in [0.1, 0.15) is 12.7 Å². The number of nitrogens with one attached hydrogen (secondary N) is 1. The van der Waals surface area contributed by atoms with Crippen molar-refractivity contribution in [3.05, 3.63) is 91.3 Å². The van der Waals surface area contributed by atoms with Gasteiger partial charge in [-0.2, -0.15) is 10.2 Å². The Morgan fingerprint density at radius 1 is 0.963 bits per heavy atom. The second kappa shape index (κ2) is 7.49. The van der Waals surface area contributed by atoms with Crippen LogP contribution in [0.1, 0.15) is 5.56 Å². The fraction of sp³-hybridized carbons (Fsp3) is 0. The summed E-state index contributed by atoms with van der Waals surface area (Å²) in [6, 6.07) is 17.2. The first-order valence-corrected chi connectivity index (χ1v) is 8.33. The van der Waals surface area contributed by atoms with Crippen molar-refractivity contribution in [3.8, 4) is 11.4 Å². The third kappa shape index (κ3) is 3.82. The number of carbonyl (C=O) groups excluding carboxylic acids is 1. The van der Waals surface area contributed by atoms with Crippen molar-refractivity contribution >= 4 is 17.7 Å². The van der Waals surface area contributed by atoms with Crippen molar-refractivity contribution in [1.29, 1.82) is 0 Å². The quantitative estimate of drug-likeness (QED) is 0.558. The minimum Gasteiger partial charge on any atom is -0.321 e. The van der Waals surface area contributed by atoms with Crippen LogP contribution >= 0.6 is 0 Å². The largest absolute Gasteiger partial charge is 0.321 e. The van der Waals surface area contributed by atoms with Gasteiger partial charge in [0, 0.05) is 17.8 Å². The third-order valence-electron chi connectivity index (χ3n) is 3.88. The molecule has 0 aliphatic carbocycles. The average molecular weight is 356 g/mol. The van der Waals surface area contributed by atoms with Crippen LogP contribution in [0.25, 0.3) is 17.5 Å². The van der Waals surface area contributed by atoms with Crippen molar-refractivity contribution in [1.82, 2.24) is 24.5 Å². The number of hydrogen-bond acceptors (Lipinski definition) is 4. The molecule has 0 spiro atoms. The molecule has 0 saturated heterocycles. The number of carbonyl (C=O) groups is 1. The van der Waals surface area contributed by atoms with E-state index in [1.165, 1.54) is 12.4 Å². The van der Waals surface area contributed by atoms with Gasteiger partial charge in [-0.3, -0.25) is 4.79 Å². The van der Waals surface area contributed by atoms with Gasteiger partial charge in [-0.15, -0.1) is 0 Å². The van der Waals surface area contributed by atoms with Gasteiger partial charge in [0.25, 0.3) is 0 Å². The molecule has 7 heteroatoms. The lowest BCUT2D eigenvalue weighted by atomic mass is 10.2. The SMILES string of the molecule is O=C(/C=C/c1cnn(-c2ccccc2)c1)Nc1ccccc1-n1cncn1. The topological polar surface area (TPSA) is 77.6 Å². The van der Waals surface area contributed by atoms with E-state index in [0.29, 0.717) is 5.69 Å². The lowest BCUT2D eigenvalue weighted by Crippen LogP contribution is -2.10. The van der Waals surface area contributed by atoms with Crippen molar-refractivity contribution < 1.29 is 4.79 Å². The van der Waals surface area contributed by atoms with Crippen LogP contribution < -0.4 is 5.32 Å². The number of amides is 1. The van der Waals surface area contributed by atoms with Crippen LogP contribution in [0.2, 0.25) is 0 Å². The van der Waals surface area contributed by atoms with Crippen LogP contribution in [-0.2, 0) is 4.79 Å². The molecule has 2 aromatic heterocycles. The van der Waals surface area contributed by atoms with Crippen LogP contribution in [0.5, 0.6) is 0 Å². The Morgan fingerprint density at radius 3 is 2.59 bits per heavy atom. The van der Waals surface area contributed by atoms with Gasteiger partial charge in [0.05, 0.1) is 23.3 Å². The van der Waals surface area contributed by atoms with Crippen LogP contribution in [0, 0.1) is 0 Å². The minimum atomic E-state index is -0.241. The summed E-state index contributed by atoms with van der Waals surface area (Å²) in [6.45, 7) is 0. The van der Waals surface area contributed by atoms with Gasteiger partial charge in [0.2, 0.25) is 5.91 Å².